The third-order valence-corrected chi connectivity index (χ3v) is 3.44. The molecule has 1 saturated heterocycles. The fraction of sp³-hybridized carbons (Fsp3) is 0.538. The van der Waals surface area contributed by atoms with Crippen LogP contribution in [-0.4, -0.2) is 24.0 Å². The van der Waals surface area contributed by atoms with Crippen LogP contribution in [0.4, 0.5) is 4.39 Å². The Labute approximate surface area is 96.2 Å². The highest BCUT2D eigenvalue weighted by Crippen LogP contribution is 2.19. The summed E-state index contributed by atoms with van der Waals surface area (Å²) in [6.07, 6.45) is 0. The van der Waals surface area contributed by atoms with Crippen molar-refractivity contribution < 1.29 is 4.39 Å². The number of halogens is 1. The first kappa shape index (κ1) is 11.6. The molecule has 0 aliphatic carbocycles. The van der Waals surface area contributed by atoms with E-state index < -0.39 is 0 Å². The van der Waals surface area contributed by atoms with E-state index in [2.05, 4.69) is 11.8 Å². The molecule has 0 aromatic heterocycles. The van der Waals surface area contributed by atoms with E-state index >= 15 is 0 Å². The largest absolute Gasteiger partial charge is 0.326 e. The minimum atomic E-state index is -0.159. The van der Waals surface area contributed by atoms with Crippen LogP contribution in [0, 0.1) is 18.7 Å². The Morgan fingerprint density at radius 3 is 2.75 bits per heavy atom. The molecule has 1 heterocycles. The molecule has 16 heavy (non-hydrogen) atoms. The van der Waals surface area contributed by atoms with Gasteiger partial charge in [0.15, 0.2) is 0 Å². The first-order valence-electron chi connectivity index (χ1n) is 5.79. The van der Waals surface area contributed by atoms with Crippen LogP contribution in [0.1, 0.15) is 18.1 Å². The topological polar surface area (TPSA) is 29.3 Å². The summed E-state index contributed by atoms with van der Waals surface area (Å²) in [5.41, 5.74) is 8.20. The second-order valence-electron chi connectivity index (χ2n) is 4.91. The minimum absolute atomic E-state index is 0.159. The minimum Gasteiger partial charge on any atom is -0.326 e. The third kappa shape index (κ3) is 2.42. The lowest BCUT2D eigenvalue weighted by atomic mass is 10.1. The molecule has 0 radical (unpaired) electrons. The van der Waals surface area contributed by atoms with E-state index in [9.17, 15) is 4.39 Å². The maximum Gasteiger partial charge on any atom is 0.123 e. The second kappa shape index (κ2) is 4.52. The van der Waals surface area contributed by atoms with Crippen LogP contribution in [0.3, 0.4) is 0 Å². The highest BCUT2D eigenvalue weighted by Gasteiger charge is 2.26. The zero-order valence-corrected chi connectivity index (χ0v) is 9.91. The van der Waals surface area contributed by atoms with Crippen molar-refractivity contribution in [2.75, 3.05) is 13.1 Å². The molecule has 1 aromatic rings. The van der Waals surface area contributed by atoms with E-state index in [4.69, 9.17) is 5.73 Å². The van der Waals surface area contributed by atoms with Crippen molar-refractivity contribution in [3.8, 4) is 0 Å². The predicted molar refractivity (Wildman–Crippen MR) is 63.6 cm³/mol. The quantitative estimate of drug-likeness (QED) is 0.828. The average Bonchev–Trinajstić information content (AvgIpc) is 2.51. The molecule has 88 valence electrons. The van der Waals surface area contributed by atoms with Gasteiger partial charge in [-0.3, -0.25) is 4.90 Å². The Morgan fingerprint density at radius 1 is 1.44 bits per heavy atom. The second-order valence-corrected chi connectivity index (χ2v) is 4.91. The Bertz CT molecular complexity index is 368. The van der Waals surface area contributed by atoms with Gasteiger partial charge in [0.1, 0.15) is 5.82 Å². The van der Waals surface area contributed by atoms with Crippen molar-refractivity contribution >= 4 is 0 Å². The van der Waals surface area contributed by atoms with Gasteiger partial charge in [-0.1, -0.05) is 13.0 Å². The molecule has 2 N–H and O–H groups in total. The predicted octanol–water partition coefficient (Wildman–Crippen LogP) is 1.91. The summed E-state index contributed by atoms with van der Waals surface area (Å²) in [7, 11) is 0. The molecule has 1 fully saturated rings. The lowest BCUT2D eigenvalue weighted by Gasteiger charge is -2.16. The number of aryl methyl sites for hydroxylation is 1. The summed E-state index contributed by atoms with van der Waals surface area (Å²) in [5, 5.41) is 0. The molecule has 1 aliphatic heterocycles. The van der Waals surface area contributed by atoms with E-state index in [-0.39, 0.29) is 11.9 Å². The van der Waals surface area contributed by atoms with Gasteiger partial charge in [-0.15, -0.1) is 0 Å². The number of likely N-dealkylation sites (tertiary alicyclic amines) is 1. The van der Waals surface area contributed by atoms with E-state index in [0.29, 0.717) is 5.92 Å². The van der Waals surface area contributed by atoms with Crippen LogP contribution in [0.15, 0.2) is 18.2 Å². The molecule has 1 aliphatic rings. The zero-order chi connectivity index (χ0) is 11.7. The van der Waals surface area contributed by atoms with Crippen molar-refractivity contribution in [3.63, 3.8) is 0 Å². The number of hydrogen-bond acceptors (Lipinski definition) is 2. The number of nitrogens with zero attached hydrogens (tertiary/aromatic N) is 1. The van der Waals surface area contributed by atoms with Crippen LogP contribution in [0.2, 0.25) is 0 Å². The van der Waals surface area contributed by atoms with E-state index in [0.717, 1.165) is 25.2 Å². The standard InChI is InChI=1S/C13H19FN2/c1-9-5-12(14)4-3-11(9)7-16-6-10(2)13(15)8-16/h3-5,10,13H,6-8,15H2,1-2H3. The SMILES string of the molecule is Cc1cc(F)ccc1CN1CC(C)C(N)C1. The summed E-state index contributed by atoms with van der Waals surface area (Å²) in [6.45, 7) is 7.00. The first-order valence-corrected chi connectivity index (χ1v) is 5.79. The third-order valence-electron chi connectivity index (χ3n) is 3.44. The molecule has 3 heteroatoms. The van der Waals surface area contributed by atoms with Crippen LogP contribution in [-0.2, 0) is 6.54 Å². The summed E-state index contributed by atoms with van der Waals surface area (Å²) >= 11 is 0. The van der Waals surface area contributed by atoms with Crippen LogP contribution in [0.25, 0.3) is 0 Å². The van der Waals surface area contributed by atoms with Crippen LogP contribution < -0.4 is 5.73 Å². The molecule has 0 bridgehead atoms. The van der Waals surface area contributed by atoms with Crippen LogP contribution in [0.5, 0.6) is 0 Å². The van der Waals surface area contributed by atoms with Crippen molar-refractivity contribution in [1.29, 1.82) is 0 Å². The van der Waals surface area contributed by atoms with Gasteiger partial charge < -0.3 is 5.73 Å². The fourth-order valence-electron chi connectivity index (χ4n) is 2.30. The number of hydrogen-bond donors (Lipinski definition) is 1. The number of nitrogens with two attached hydrogens (primary N) is 1. The van der Waals surface area contributed by atoms with Gasteiger partial charge in [-0.2, -0.15) is 0 Å². The molecular formula is C13H19FN2. The summed E-state index contributed by atoms with van der Waals surface area (Å²) < 4.78 is 13.0. The van der Waals surface area contributed by atoms with E-state index in [1.54, 1.807) is 6.07 Å². The van der Waals surface area contributed by atoms with Gasteiger partial charge in [0.05, 0.1) is 0 Å². The zero-order valence-electron chi connectivity index (χ0n) is 9.91. The smallest absolute Gasteiger partial charge is 0.123 e. The monoisotopic (exact) mass is 222 g/mol. The van der Waals surface area contributed by atoms with Crippen molar-refractivity contribution in [1.82, 2.24) is 4.90 Å². The van der Waals surface area contributed by atoms with Gasteiger partial charge in [0, 0.05) is 25.7 Å². The molecule has 0 amide bonds. The number of benzene rings is 1. The first-order chi connectivity index (χ1) is 7.56. The maximum absolute atomic E-state index is 13.0. The average molecular weight is 222 g/mol. The normalized spacial score (nSPS) is 26.2. The van der Waals surface area contributed by atoms with Crippen molar-refractivity contribution in [2.45, 2.75) is 26.4 Å². The van der Waals surface area contributed by atoms with E-state index in [1.165, 1.54) is 11.6 Å². The van der Waals surface area contributed by atoms with Crippen molar-refractivity contribution in [3.05, 3.63) is 35.1 Å². The summed E-state index contributed by atoms with van der Waals surface area (Å²) in [5.74, 6) is 0.397. The molecular weight excluding hydrogens is 203 g/mol. The molecule has 2 nitrogen and oxygen atoms in total. The molecule has 1 aromatic carbocycles. The van der Waals surface area contributed by atoms with E-state index in [1.807, 2.05) is 13.0 Å². The van der Waals surface area contributed by atoms with Crippen molar-refractivity contribution in [2.24, 2.45) is 11.7 Å². The molecule has 0 spiro atoms. The molecule has 2 rings (SSSR count). The lowest BCUT2D eigenvalue weighted by molar-refractivity contribution is 0.318. The highest BCUT2D eigenvalue weighted by molar-refractivity contribution is 5.26. The van der Waals surface area contributed by atoms with Gasteiger partial charge in [0.2, 0.25) is 0 Å². The van der Waals surface area contributed by atoms with Gasteiger partial charge >= 0.3 is 0 Å². The highest BCUT2D eigenvalue weighted by atomic mass is 19.1. The summed E-state index contributed by atoms with van der Waals surface area (Å²) in [6, 6.07) is 5.27. The van der Waals surface area contributed by atoms with Gasteiger partial charge in [-0.05, 0) is 36.1 Å². The maximum atomic E-state index is 13.0. The lowest BCUT2D eigenvalue weighted by Crippen LogP contribution is -2.28. The van der Waals surface area contributed by atoms with Gasteiger partial charge in [-0.25, -0.2) is 4.39 Å². The Hall–Kier alpha value is -0.930. The molecule has 2 atom stereocenters. The van der Waals surface area contributed by atoms with Crippen LogP contribution >= 0.6 is 0 Å². The Kier molecular flexibility index (Phi) is 3.26. The Balaban J connectivity index is 2.05. The number of rotatable bonds is 2. The molecule has 0 saturated carbocycles. The Morgan fingerprint density at radius 2 is 2.19 bits per heavy atom. The summed E-state index contributed by atoms with van der Waals surface area (Å²) in [4.78, 5) is 2.34. The fourth-order valence-corrected chi connectivity index (χ4v) is 2.30. The molecule has 2 unspecified atom stereocenters. The van der Waals surface area contributed by atoms with Gasteiger partial charge in [0.25, 0.3) is 0 Å².